The van der Waals surface area contributed by atoms with Crippen molar-refractivity contribution < 1.29 is 0 Å². The standard InChI is InChI=1S/C11H17NS/c1-8(2)6-10-12-7-9(13-10)11(3)4-5-11/h7-8H,4-6H2,1-3H3. The molecular formula is C11H17NS. The van der Waals surface area contributed by atoms with Crippen LogP contribution >= 0.6 is 11.3 Å². The fourth-order valence-corrected chi connectivity index (χ4v) is 2.80. The van der Waals surface area contributed by atoms with Crippen molar-refractivity contribution in [2.75, 3.05) is 0 Å². The Bertz CT molecular complexity index is 297. The van der Waals surface area contributed by atoms with Gasteiger partial charge in [0.1, 0.15) is 0 Å². The highest BCUT2D eigenvalue weighted by Crippen LogP contribution is 2.49. The third-order valence-corrected chi connectivity index (χ3v) is 4.06. The van der Waals surface area contributed by atoms with Crippen LogP contribution in [0.25, 0.3) is 0 Å². The van der Waals surface area contributed by atoms with Gasteiger partial charge in [-0.3, -0.25) is 0 Å². The van der Waals surface area contributed by atoms with Gasteiger partial charge in [-0.25, -0.2) is 4.98 Å². The largest absolute Gasteiger partial charge is 0.249 e. The van der Waals surface area contributed by atoms with E-state index >= 15 is 0 Å². The molecule has 1 heterocycles. The molecule has 2 heteroatoms. The average Bonchev–Trinajstić information content (AvgIpc) is 2.62. The molecule has 1 aromatic rings. The molecule has 0 aliphatic heterocycles. The van der Waals surface area contributed by atoms with E-state index in [1.165, 1.54) is 22.7 Å². The van der Waals surface area contributed by atoms with Crippen molar-refractivity contribution >= 4 is 11.3 Å². The first-order valence-electron chi connectivity index (χ1n) is 5.05. The maximum absolute atomic E-state index is 4.48. The first-order valence-corrected chi connectivity index (χ1v) is 5.87. The van der Waals surface area contributed by atoms with Gasteiger partial charge >= 0.3 is 0 Å². The molecule has 0 saturated heterocycles. The molecule has 0 spiro atoms. The fourth-order valence-electron chi connectivity index (χ4n) is 1.47. The van der Waals surface area contributed by atoms with Crippen molar-refractivity contribution in [1.82, 2.24) is 4.98 Å². The normalized spacial score (nSPS) is 19.4. The molecule has 1 aliphatic rings. The van der Waals surface area contributed by atoms with Gasteiger partial charge in [-0.05, 0) is 18.8 Å². The molecule has 1 aromatic heterocycles. The summed E-state index contributed by atoms with van der Waals surface area (Å²) in [5.74, 6) is 0.728. The molecule has 1 fully saturated rings. The summed E-state index contributed by atoms with van der Waals surface area (Å²) >= 11 is 1.92. The summed E-state index contributed by atoms with van der Waals surface area (Å²) in [4.78, 5) is 5.98. The quantitative estimate of drug-likeness (QED) is 0.720. The molecular weight excluding hydrogens is 178 g/mol. The molecule has 1 aliphatic carbocycles. The third-order valence-electron chi connectivity index (χ3n) is 2.73. The van der Waals surface area contributed by atoms with Crippen LogP contribution in [0.3, 0.4) is 0 Å². The lowest BCUT2D eigenvalue weighted by molar-refractivity contribution is 0.644. The van der Waals surface area contributed by atoms with Gasteiger partial charge in [0.2, 0.25) is 0 Å². The Morgan fingerprint density at radius 2 is 2.23 bits per heavy atom. The second kappa shape index (κ2) is 3.09. The van der Waals surface area contributed by atoms with E-state index in [2.05, 4.69) is 32.0 Å². The van der Waals surface area contributed by atoms with Gasteiger partial charge in [-0.1, -0.05) is 20.8 Å². The molecule has 72 valence electrons. The molecule has 1 saturated carbocycles. The van der Waals surface area contributed by atoms with Crippen LogP contribution in [0.5, 0.6) is 0 Å². The summed E-state index contributed by atoms with van der Waals surface area (Å²) in [6.45, 7) is 6.85. The zero-order valence-corrected chi connectivity index (χ0v) is 9.45. The van der Waals surface area contributed by atoms with E-state index in [0.717, 1.165) is 12.3 Å². The van der Waals surface area contributed by atoms with Crippen LogP contribution in [0.2, 0.25) is 0 Å². The summed E-state index contributed by atoms with van der Waals surface area (Å²) in [6, 6.07) is 0. The van der Waals surface area contributed by atoms with Crippen LogP contribution in [0, 0.1) is 5.92 Å². The Hall–Kier alpha value is -0.370. The molecule has 0 amide bonds. The number of thiazole rings is 1. The van der Waals surface area contributed by atoms with Crippen LogP contribution in [0.15, 0.2) is 6.20 Å². The van der Waals surface area contributed by atoms with Crippen molar-refractivity contribution in [1.29, 1.82) is 0 Å². The SMILES string of the molecule is CC(C)Cc1ncc(C2(C)CC2)s1. The summed E-state index contributed by atoms with van der Waals surface area (Å²) in [7, 11) is 0. The first kappa shape index (κ1) is 9.20. The third kappa shape index (κ3) is 1.93. The molecule has 0 bridgehead atoms. The number of aromatic nitrogens is 1. The van der Waals surface area contributed by atoms with Crippen LogP contribution in [-0.4, -0.2) is 4.98 Å². The second-order valence-corrected chi connectivity index (χ2v) is 5.89. The van der Waals surface area contributed by atoms with Crippen LogP contribution in [0.1, 0.15) is 43.5 Å². The molecule has 0 radical (unpaired) electrons. The molecule has 2 rings (SSSR count). The maximum Gasteiger partial charge on any atom is 0.0930 e. The predicted molar refractivity (Wildman–Crippen MR) is 57.2 cm³/mol. The van der Waals surface area contributed by atoms with Crippen molar-refractivity contribution in [2.45, 2.75) is 45.4 Å². The highest BCUT2D eigenvalue weighted by molar-refractivity contribution is 7.11. The molecule has 1 nitrogen and oxygen atoms in total. The molecule has 0 aromatic carbocycles. The van der Waals surface area contributed by atoms with E-state index in [0.29, 0.717) is 5.41 Å². The van der Waals surface area contributed by atoms with Crippen molar-refractivity contribution in [3.8, 4) is 0 Å². The number of hydrogen-bond donors (Lipinski definition) is 0. The Kier molecular flexibility index (Phi) is 2.18. The van der Waals surface area contributed by atoms with Crippen molar-refractivity contribution in [2.24, 2.45) is 5.92 Å². The van der Waals surface area contributed by atoms with E-state index in [1.54, 1.807) is 0 Å². The smallest absolute Gasteiger partial charge is 0.0930 e. The molecule has 0 unspecified atom stereocenters. The van der Waals surface area contributed by atoms with Gasteiger partial charge in [0.25, 0.3) is 0 Å². The Labute approximate surface area is 84.2 Å². The number of rotatable bonds is 3. The first-order chi connectivity index (χ1) is 6.10. The molecule has 0 N–H and O–H groups in total. The zero-order chi connectivity index (χ0) is 9.47. The summed E-state index contributed by atoms with van der Waals surface area (Å²) in [5.41, 5.74) is 0.507. The maximum atomic E-state index is 4.48. The van der Waals surface area contributed by atoms with Gasteiger partial charge < -0.3 is 0 Å². The minimum Gasteiger partial charge on any atom is -0.249 e. The number of hydrogen-bond acceptors (Lipinski definition) is 2. The van der Waals surface area contributed by atoms with Gasteiger partial charge in [0.15, 0.2) is 0 Å². The topological polar surface area (TPSA) is 12.9 Å². The van der Waals surface area contributed by atoms with E-state index < -0.39 is 0 Å². The zero-order valence-electron chi connectivity index (χ0n) is 8.63. The van der Waals surface area contributed by atoms with Crippen LogP contribution in [-0.2, 0) is 11.8 Å². The lowest BCUT2D eigenvalue weighted by atomic mass is 10.1. The van der Waals surface area contributed by atoms with Gasteiger partial charge in [-0.2, -0.15) is 0 Å². The Balaban J connectivity index is 2.09. The van der Waals surface area contributed by atoms with Gasteiger partial charge in [0.05, 0.1) is 5.01 Å². The lowest BCUT2D eigenvalue weighted by Crippen LogP contribution is -1.94. The molecule has 0 atom stereocenters. The Morgan fingerprint density at radius 1 is 1.54 bits per heavy atom. The van der Waals surface area contributed by atoms with Crippen LogP contribution < -0.4 is 0 Å². The second-order valence-electron chi connectivity index (χ2n) is 4.78. The van der Waals surface area contributed by atoms with Gasteiger partial charge in [-0.15, -0.1) is 11.3 Å². The van der Waals surface area contributed by atoms with Gasteiger partial charge in [0, 0.05) is 22.9 Å². The van der Waals surface area contributed by atoms with Crippen molar-refractivity contribution in [3.05, 3.63) is 16.1 Å². The fraction of sp³-hybridized carbons (Fsp3) is 0.727. The minimum atomic E-state index is 0.507. The highest BCUT2D eigenvalue weighted by atomic mass is 32.1. The summed E-state index contributed by atoms with van der Waals surface area (Å²) in [6.07, 6.45) is 5.95. The average molecular weight is 195 g/mol. The highest BCUT2D eigenvalue weighted by Gasteiger charge is 2.40. The van der Waals surface area contributed by atoms with E-state index in [9.17, 15) is 0 Å². The van der Waals surface area contributed by atoms with E-state index in [4.69, 9.17) is 0 Å². The Morgan fingerprint density at radius 3 is 2.77 bits per heavy atom. The summed E-state index contributed by atoms with van der Waals surface area (Å²) < 4.78 is 0. The predicted octanol–water partition coefficient (Wildman–Crippen LogP) is 3.39. The van der Waals surface area contributed by atoms with E-state index in [-0.39, 0.29) is 0 Å². The molecule has 13 heavy (non-hydrogen) atoms. The minimum absolute atomic E-state index is 0.507. The lowest BCUT2D eigenvalue weighted by Gasteiger charge is -2.02. The number of nitrogens with zero attached hydrogens (tertiary/aromatic N) is 1. The summed E-state index contributed by atoms with van der Waals surface area (Å²) in [5, 5.41) is 1.32. The van der Waals surface area contributed by atoms with Crippen molar-refractivity contribution in [3.63, 3.8) is 0 Å². The van der Waals surface area contributed by atoms with E-state index in [1.807, 2.05) is 11.3 Å². The monoisotopic (exact) mass is 195 g/mol. The van der Waals surface area contributed by atoms with Crippen LogP contribution in [0.4, 0.5) is 0 Å².